The summed E-state index contributed by atoms with van der Waals surface area (Å²) in [6.45, 7) is 3.88. The van der Waals surface area contributed by atoms with E-state index in [0.717, 1.165) is 18.9 Å². The minimum Gasteiger partial charge on any atom is -0.271 e. The van der Waals surface area contributed by atoms with Crippen molar-refractivity contribution in [3.05, 3.63) is 35.1 Å². The van der Waals surface area contributed by atoms with Gasteiger partial charge in [-0.05, 0) is 18.4 Å². The van der Waals surface area contributed by atoms with Gasteiger partial charge in [0.15, 0.2) is 17.5 Å². The fourth-order valence-electron chi connectivity index (χ4n) is 1.96. The summed E-state index contributed by atoms with van der Waals surface area (Å²) in [7, 11) is 0. The zero-order valence-corrected chi connectivity index (χ0v) is 9.93. The summed E-state index contributed by atoms with van der Waals surface area (Å²) in [6.07, 6.45) is 1.72. The number of nitrogens with one attached hydrogen (secondary N) is 1. The fourth-order valence-corrected chi connectivity index (χ4v) is 1.96. The molecule has 2 atom stereocenters. The van der Waals surface area contributed by atoms with Gasteiger partial charge in [-0.15, -0.1) is 0 Å². The molecule has 0 amide bonds. The van der Waals surface area contributed by atoms with Gasteiger partial charge in [-0.2, -0.15) is 0 Å². The molecule has 17 heavy (non-hydrogen) atoms. The molecule has 5 heteroatoms. The van der Waals surface area contributed by atoms with E-state index in [1.54, 1.807) is 0 Å². The Hall–Kier alpha value is -1.07. The van der Waals surface area contributed by atoms with Gasteiger partial charge in [-0.3, -0.25) is 11.3 Å². The van der Waals surface area contributed by atoms with Gasteiger partial charge in [0.25, 0.3) is 0 Å². The van der Waals surface area contributed by atoms with Crippen molar-refractivity contribution in [3.8, 4) is 0 Å². The van der Waals surface area contributed by atoms with Gasteiger partial charge in [0.05, 0.1) is 6.04 Å². The Morgan fingerprint density at radius 3 is 2.41 bits per heavy atom. The van der Waals surface area contributed by atoms with Crippen LogP contribution in [0.25, 0.3) is 0 Å². The average Bonchev–Trinajstić information content (AvgIpc) is 2.30. The molecule has 0 aliphatic rings. The Balaban J connectivity index is 3.08. The number of hydrogen-bond donors (Lipinski definition) is 2. The molecule has 0 bridgehead atoms. The van der Waals surface area contributed by atoms with Gasteiger partial charge in [-0.25, -0.2) is 13.2 Å². The third-order valence-corrected chi connectivity index (χ3v) is 2.89. The van der Waals surface area contributed by atoms with Crippen LogP contribution in [0.5, 0.6) is 0 Å². The molecule has 96 valence electrons. The third-order valence-electron chi connectivity index (χ3n) is 2.89. The first kappa shape index (κ1) is 14.0. The quantitative estimate of drug-likeness (QED) is 0.476. The van der Waals surface area contributed by atoms with E-state index in [2.05, 4.69) is 5.43 Å². The first-order valence-electron chi connectivity index (χ1n) is 5.62. The van der Waals surface area contributed by atoms with E-state index in [1.165, 1.54) is 6.07 Å². The van der Waals surface area contributed by atoms with E-state index in [9.17, 15) is 13.2 Å². The third kappa shape index (κ3) is 2.98. The highest BCUT2D eigenvalue weighted by molar-refractivity contribution is 5.24. The Kier molecular flexibility index (Phi) is 4.96. The van der Waals surface area contributed by atoms with Crippen molar-refractivity contribution in [2.75, 3.05) is 0 Å². The summed E-state index contributed by atoms with van der Waals surface area (Å²) in [5, 5.41) is 0. The molecule has 0 aliphatic carbocycles. The SMILES string of the molecule is CCCC(C)C(NN)c1ccc(F)c(F)c1F. The van der Waals surface area contributed by atoms with Crippen LogP contribution in [0.15, 0.2) is 12.1 Å². The van der Waals surface area contributed by atoms with Gasteiger partial charge in [-0.1, -0.05) is 26.3 Å². The number of rotatable bonds is 5. The zero-order chi connectivity index (χ0) is 13.0. The normalized spacial score (nSPS) is 14.7. The molecule has 3 N–H and O–H groups in total. The van der Waals surface area contributed by atoms with E-state index in [1.807, 2.05) is 13.8 Å². The van der Waals surface area contributed by atoms with Crippen LogP contribution >= 0.6 is 0 Å². The minimum atomic E-state index is -1.45. The first-order valence-corrected chi connectivity index (χ1v) is 5.62. The lowest BCUT2D eigenvalue weighted by molar-refractivity contribution is 0.347. The van der Waals surface area contributed by atoms with Crippen LogP contribution in [-0.2, 0) is 0 Å². The molecule has 0 heterocycles. The second-order valence-electron chi connectivity index (χ2n) is 4.17. The fraction of sp³-hybridized carbons (Fsp3) is 0.500. The molecular formula is C12H17F3N2. The van der Waals surface area contributed by atoms with Crippen molar-refractivity contribution in [2.24, 2.45) is 11.8 Å². The summed E-state index contributed by atoms with van der Waals surface area (Å²) < 4.78 is 39.5. The molecule has 2 unspecified atom stereocenters. The molecule has 0 radical (unpaired) electrons. The van der Waals surface area contributed by atoms with Crippen molar-refractivity contribution in [1.29, 1.82) is 0 Å². The number of halogens is 3. The van der Waals surface area contributed by atoms with Gasteiger partial charge < -0.3 is 0 Å². The van der Waals surface area contributed by atoms with Crippen LogP contribution in [0, 0.1) is 23.4 Å². The van der Waals surface area contributed by atoms with E-state index in [0.29, 0.717) is 0 Å². The average molecular weight is 246 g/mol. The van der Waals surface area contributed by atoms with E-state index >= 15 is 0 Å². The van der Waals surface area contributed by atoms with Crippen LogP contribution in [0.1, 0.15) is 38.3 Å². The molecule has 1 rings (SSSR count). The summed E-state index contributed by atoms with van der Waals surface area (Å²) in [5.74, 6) is 1.58. The highest BCUT2D eigenvalue weighted by Crippen LogP contribution is 2.28. The lowest BCUT2D eigenvalue weighted by Crippen LogP contribution is -2.33. The van der Waals surface area contributed by atoms with Crippen LogP contribution < -0.4 is 11.3 Å². The van der Waals surface area contributed by atoms with Gasteiger partial charge >= 0.3 is 0 Å². The lowest BCUT2D eigenvalue weighted by Gasteiger charge is -2.23. The van der Waals surface area contributed by atoms with E-state index in [-0.39, 0.29) is 11.5 Å². The molecular weight excluding hydrogens is 229 g/mol. The van der Waals surface area contributed by atoms with Gasteiger partial charge in [0.2, 0.25) is 0 Å². The largest absolute Gasteiger partial charge is 0.271 e. The van der Waals surface area contributed by atoms with Crippen molar-refractivity contribution in [3.63, 3.8) is 0 Å². The Morgan fingerprint density at radius 1 is 1.24 bits per heavy atom. The Bertz CT molecular complexity index is 382. The smallest absolute Gasteiger partial charge is 0.194 e. The maximum absolute atomic E-state index is 13.6. The number of nitrogens with two attached hydrogens (primary N) is 1. The molecule has 0 saturated carbocycles. The summed E-state index contributed by atoms with van der Waals surface area (Å²) in [5.41, 5.74) is 2.52. The van der Waals surface area contributed by atoms with Crippen LogP contribution in [0.2, 0.25) is 0 Å². The molecule has 1 aromatic carbocycles. The predicted molar refractivity (Wildman–Crippen MR) is 60.5 cm³/mol. The van der Waals surface area contributed by atoms with Gasteiger partial charge in [0.1, 0.15) is 0 Å². The zero-order valence-electron chi connectivity index (χ0n) is 9.93. The lowest BCUT2D eigenvalue weighted by atomic mass is 9.91. The molecule has 0 spiro atoms. The van der Waals surface area contributed by atoms with Crippen molar-refractivity contribution in [1.82, 2.24) is 5.43 Å². The van der Waals surface area contributed by atoms with Crippen LogP contribution in [-0.4, -0.2) is 0 Å². The van der Waals surface area contributed by atoms with Crippen molar-refractivity contribution >= 4 is 0 Å². The second-order valence-corrected chi connectivity index (χ2v) is 4.17. The minimum absolute atomic E-state index is 0.0318. The van der Waals surface area contributed by atoms with E-state index in [4.69, 9.17) is 5.84 Å². The van der Waals surface area contributed by atoms with Crippen LogP contribution in [0.4, 0.5) is 13.2 Å². The standard InChI is InChI=1S/C12H17F3N2/c1-3-4-7(2)12(17-16)8-5-6-9(13)11(15)10(8)14/h5-7,12,17H,3-4,16H2,1-2H3. The number of benzene rings is 1. The maximum Gasteiger partial charge on any atom is 0.194 e. The second kappa shape index (κ2) is 6.02. The van der Waals surface area contributed by atoms with E-state index < -0.39 is 23.5 Å². The highest BCUT2D eigenvalue weighted by atomic mass is 19.2. The molecule has 0 aromatic heterocycles. The number of hydrazine groups is 1. The number of hydrogen-bond acceptors (Lipinski definition) is 2. The van der Waals surface area contributed by atoms with Crippen molar-refractivity contribution < 1.29 is 13.2 Å². The highest BCUT2D eigenvalue weighted by Gasteiger charge is 2.23. The molecule has 1 aromatic rings. The maximum atomic E-state index is 13.6. The molecule has 0 aliphatic heterocycles. The molecule has 0 saturated heterocycles. The molecule has 2 nitrogen and oxygen atoms in total. The topological polar surface area (TPSA) is 38.0 Å². The Morgan fingerprint density at radius 2 is 1.88 bits per heavy atom. The monoisotopic (exact) mass is 246 g/mol. The summed E-state index contributed by atoms with van der Waals surface area (Å²) in [4.78, 5) is 0. The summed E-state index contributed by atoms with van der Waals surface area (Å²) >= 11 is 0. The van der Waals surface area contributed by atoms with Crippen molar-refractivity contribution in [2.45, 2.75) is 32.7 Å². The first-order chi connectivity index (χ1) is 8.02. The van der Waals surface area contributed by atoms with Gasteiger partial charge in [0, 0.05) is 5.56 Å². The molecule has 0 fully saturated rings. The van der Waals surface area contributed by atoms with Crippen LogP contribution in [0.3, 0.4) is 0 Å². The Labute approximate surface area is 99.0 Å². The predicted octanol–water partition coefficient (Wildman–Crippen LogP) is 3.04. The summed E-state index contributed by atoms with van der Waals surface area (Å²) in [6, 6.07) is 1.62.